The summed E-state index contributed by atoms with van der Waals surface area (Å²) in [6.07, 6.45) is 2.31. The fourth-order valence-electron chi connectivity index (χ4n) is 1.40. The van der Waals surface area contributed by atoms with Crippen LogP contribution >= 0.6 is 31.9 Å². The minimum atomic E-state index is -0.239. The molecule has 0 amide bonds. The summed E-state index contributed by atoms with van der Waals surface area (Å²) in [4.78, 5) is 11.4. The van der Waals surface area contributed by atoms with Gasteiger partial charge in [0.25, 0.3) is 0 Å². The first-order valence-corrected chi connectivity index (χ1v) is 7.06. The van der Waals surface area contributed by atoms with Crippen molar-refractivity contribution in [2.45, 2.75) is 25.7 Å². The van der Waals surface area contributed by atoms with Crippen molar-refractivity contribution < 1.29 is 9.18 Å². The van der Waals surface area contributed by atoms with E-state index in [2.05, 4.69) is 31.9 Å². The Hall–Kier alpha value is -0.220. The molecule has 0 aliphatic heterocycles. The lowest BCUT2D eigenvalue weighted by Gasteiger charge is -2.03. The molecule has 0 saturated carbocycles. The van der Waals surface area contributed by atoms with Crippen LogP contribution in [-0.2, 0) is 11.2 Å². The van der Waals surface area contributed by atoms with Crippen molar-refractivity contribution in [1.82, 2.24) is 0 Å². The molecule has 0 heterocycles. The summed E-state index contributed by atoms with van der Waals surface area (Å²) < 4.78 is 14.2. The van der Waals surface area contributed by atoms with Crippen molar-refractivity contribution in [2.24, 2.45) is 0 Å². The van der Waals surface area contributed by atoms with Crippen molar-refractivity contribution in [1.29, 1.82) is 0 Å². The molecule has 1 nitrogen and oxygen atoms in total. The Morgan fingerprint density at radius 2 is 2.06 bits per heavy atom. The summed E-state index contributed by atoms with van der Waals surface area (Å²) in [6, 6.07) is 4.81. The molecule has 0 aromatic heterocycles. The molecule has 0 bridgehead atoms. The van der Waals surface area contributed by atoms with E-state index in [1.165, 1.54) is 6.07 Å². The Kier molecular flexibility index (Phi) is 6.21. The van der Waals surface area contributed by atoms with Gasteiger partial charge < -0.3 is 0 Å². The van der Waals surface area contributed by atoms with Gasteiger partial charge in [0.2, 0.25) is 0 Å². The van der Waals surface area contributed by atoms with Crippen molar-refractivity contribution in [3.8, 4) is 0 Å². The zero-order valence-electron chi connectivity index (χ0n) is 8.81. The van der Waals surface area contributed by atoms with Gasteiger partial charge in [-0.1, -0.05) is 31.9 Å². The van der Waals surface area contributed by atoms with E-state index >= 15 is 0 Å². The van der Waals surface area contributed by atoms with E-state index in [-0.39, 0.29) is 11.6 Å². The fourth-order valence-corrected chi connectivity index (χ4v) is 2.09. The SMILES string of the molecule is O=C(CCCBr)CCc1cc(Br)ccc1F. The molecule has 1 aromatic rings. The van der Waals surface area contributed by atoms with Gasteiger partial charge in [-0.05, 0) is 36.6 Å². The van der Waals surface area contributed by atoms with Crippen LogP contribution in [0.15, 0.2) is 22.7 Å². The topological polar surface area (TPSA) is 17.1 Å². The molecule has 0 fully saturated rings. The summed E-state index contributed by atoms with van der Waals surface area (Å²) in [5.41, 5.74) is 0.599. The Balaban J connectivity index is 2.47. The third kappa shape index (κ3) is 4.74. The summed E-state index contributed by atoms with van der Waals surface area (Å²) in [5.74, 6) is -0.0460. The highest BCUT2D eigenvalue weighted by atomic mass is 79.9. The van der Waals surface area contributed by atoms with E-state index in [0.717, 1.165) is 16.2 Å². The van der Waals surface area contributed by atoms with Gasteiger partial charge in [-0.15, -0.1) is 0 Å². The lowest BCUT2D eigenvalue weighted by Crippen LogP contribution is -2.01. The van der Waals surface area contributed by atoms with Gasteiger partial charge in [0.1, 0.15) is 11.6 Å². The van der Waals surface area contributed by atoms with Gasteiger partial charge >= 0.3 is 0 Å². The van der Waals surface area contributed by atoms with E-state index in [0.29, 0.717) is 24.8 Å². The first kappa shape index (κ1) is 13.8. The Morgan fingerprint density at radius 3 is 2.75 bits per heavy atom. The number of Topliss-reactive ketones (excluding diaryl/α,β-unsaturated/α-hetero) is 1. The van der Waals surface area contributed by atoms with Gasteiger partial charge in [0.05, 0.1) is 0 Å². The Bertz CT molecular complexity index is 366. The summed E-state index contributed by atoms with van der Waals surface area (Å²) >= 11 is 6.56. The first-order valence-electron chi connectivity index (χ1n) is 5.15. The average molecular weight is 352 g/mol. The van der Waals surface area contributed by atoms with Crippen LogP contribution in [0.3, 0.4) is 0 Å². The number of carbonyl (C=O) groups is 1. The monoisotopic (exact) mass is 350 g/mol. The molecule has 0 atom stereocenters. The molecule has 0 spiro atoms. The van der Waals surface area contributed by atoms with Crippen LogP contribution in [0.5, 0.6) is 0 Å². The third-order valence-corrected chi connectivity index (χ3v) is 3.32. The van der Waals surface area contributed by atoms with Crippen LogP contribution in [0.25, 0.3) is 0 Å². The van der Waals surface area contributed by atoms with E-state index in [1.54, 1.807) is 12.1 Å². The third-order valence-electron chi connectivity index (χ3n) is 2.27. The number of hydrogen-bond donors (Lipinski definition) is 0. The average Bonchev–Trinajstić information content (AvgIpc) is 2.27. The molecule has 16 heavy (non-hydrogen) atoms. The molecule has 0 radical (unpaired) electrons. The maximum atomic E-state index is 13.3. The molecule has 4 heteroatoms. The lowest BCUT2D eigenvalue weighted by molar-refractivity contribution is -0.119. The van der Waals surface area contributed by atoms with E-state index in [4.69, 9.17) is 0 Å². The molecule has 0 saturated heterocycles. The van der Waals surface area contributed by atoms with Crippen LogP contribution in [0, 0.1) is 5.82 Å². The zero-order chi connectivity index (χ0) is 12.0. The summed E-state index contributed by atoms with van der Waals surface area (Å²) in [7, 11) is 0. The smallest absolute Gasteiger partial charge is 0.133 e. The summed E-state index contributed by atoms with van der Waals surface area (Å²) in [5, 5.41) is 0.837. The van der Waals surface area contributed by atoms with Crippen LogP contribution in [0.1, 0.15) is 24.8 Å². The number of rotatable bonds is 6. The number of carbonyl (C=O) groups excluding carboxylic acids is 1. The highest BCUT2D eigenvalue weighted by Crippen LogP contribution is 2.17. The molecular formula is C12H13Br2FO. The predicted octanol–water partition coefficient (Wildman–Crippen LogP) is 4.27. The highest BCUT2D eigenvalue weighted by molar-refractivity contribution is 9.10. The number of hydrogen-bond acceptors (Lipinski definition) is 1. The minimum Gasteiger partial charge on any atom is -0.300 e. The van der Waals surface area contributed by atoms with Gasteiger partial charge in [0, 0.05) is 22.6 Å². The fraction of sp³-hybridized carbons (Fsp3) is 0.417. The predicted molar refractivity (Wildman–Crippen MR) is 70.5 cm³/mol. The second kappa shape index (κ2) is 7.17. The maximum Gasteiger partial charge on any atom is 0.133 e. The van der Waals surface area contributed by atoms with Gasteiger partial charge in [-0.2, -0.15) is 0 Å². The summed E-state index contributed by atoms with van der Waals surface area (Å²) in [6.45, 7) is 0. The molecule has 0 unspecified atom stereocenters. The Labute approximate surface area is 112 Å². The normalized spacial score (nSPS) is 10.4. The maximum absolute atomic E-state index is 13.3. The van der Waals surface area contributed by atoms with Gasteiger partial charge in [-0.3, -0.25) is 4.79 Å². The van der Waals surface area contributed by atoms with Crippen molar-refractivity contribution >= 4 is 37.6 Å². The first-order chi connectivity index (χ1) is 7.63. The lowest BCUT2D eigenvalue weighted by atomic mass is 10.1. The van der Waals surface area contributed by atoms with E-state index in [1.807, 2.05) is 0 Å². The highest BCUT2D eigenvalue weighted by Gasteiger charge is 2.06. The second-order valence-electron chi connectivity index (χ2n) is 3.57. The number of alkyl halides is 1. The molecule has 0 aliphatic rings. The quantitative estimate of drug-likeness (QED) is 0.699. The number of benzene rings is 1. The number of halogens is 3. The number of ketones is 1. The molecule has 1 rings (SSSR count). The number of aryl methyl sites for hydroxylation is 1. The zero-order valence-corrected chi connectivity index (χ0v) is 12.0. The van der Waals surface area contributed by atoms with Crippen LogP contribution in [0.4, 0.5) is 4.39 Å². The molecule has 0 aliphatic carbocycles. The molecule has 0 N–H and O–H groups in total. The molecule has 1 aromatic carbocycles. The van der Waals surface area contributed by atoms with Crippen molar-refractivity contribution in [3.63, 3.8) is 0 Å². The Morgan fingerprint density at radius 1 is 1.31 bits per heavy atom. The van der Waals surface area contributed by atoms with E-state index < -0.39 is 0 Å². The molecular weight excluding hydrogens is 339 g/mol. The second-order valence-corrected chi connectivity index (χ2v) is 5.28. The van der Waals surface area contributed by atoms with Gasteiger partial charge in [-0.25, -0.2) is 4.39 Å². The largest absolute Gasteiger partial charge is 0.300 e. The standard InChI is InChI=1S/C12H13Br2FO/c13-7-1-2-11(16)5-3-9-8-10(14)4-6-12(9)15/h4,6,8H,1-3,5,7H2. The van der Waals surface area contributed by atoms with Crippen molar-refractivity contribution in [2.75, 3.05) is 5.33 Å². The van der Waals surface area contributed by atoms with Crippen LogP contribution in [0.2, 0.25) is 0 Å². The van der Waals surface area contributed by atoms with E-state index in [9.17, 15) is 9.18 Å². The minimum absolute atomic E-state index is 0.193. The van der Waals surface area contributed by atoms with Crippen LogP contribution in [-0.4, -0.2) is 11.1 Å². The van der Waals surface area contributed by atoms with Crippen molar-refractivity contribution in [3.05, 3.63) is 34.1 Å². The van der Waals surface area contributed by atoms with Crippen LogP contribution < -0.4 is 0 Å². The molecule has 88 valence electrons. The van der Waals surface area contributed by atoms with Gasteiger partial charge in [0.15, 0.2) is 0 Å².